The summed E-state index contributed by atoms with van der Waals surface area (Å²) in [5, 5.41) is 3.07. The largest absolute Gasteiger partial charge is 0.351 e. The summed E-state index contributed by atoms with van der Waals surface area (Å²) in [5.41, 5.74) is 1.39. The smallest absolute Gasteiger partial charge is 0.252 e. The maximum atomic E-state index is 13.0. The van der Waals surface area contributed by atoms with Crippen molar-refractivity contribution in [2.24, 2.45) is 5.92 Å². The highest BCUT2D eigenvalue weighted by atomic mass is 35.5. The average Bonchev–Trinajstić information content (AvgIpc) is 2.73. The van der Waals surface area contributed by atoms with Crippen LogP contribution in [0.1, 0.15) is 35.7 Å². The van der Waals surface area contributed by atoms with Crippen LogP contribution >= 0.6 is 23.4 Å². The molecule has 1 heterocycles. The first kappa shape index (κ1) is 23.1. The molecule has 1 N–H and O–H groups in total. The maximum Gasteiger partial charge on any atom is 0.252 e. The number of benzene rings is 2. The fourth-order valence-corrected chi connectivity index (χ4v) is 5.74. The second-order valence-electron chi connectivity index (χ2n) is 7.65. The topological polar surface area (TPSA) is 66.5 Å². The number of hydrogen-bond acceptors (Lipinski definition) is 4. The Balaban J connectivity index is 1.62. The fourth-order valence-electron chi connectivity index (χ4n) is 3.28. The van der Waals surface area contributed by atoms with Gasteiger partial charge in [0.05, 0.1) is 15.5 Å². The van der Waals surface area contributed by atoms with Crippen molar-refractivity contribution < 1.29 is 13.2 Å². The molecule has 1 amide bonds. The molecule has 0 radical (unpaired) electrons. The number of carbonyl (C=O) groups is 1. The molecule has 2 aromatic rings. The Morgan fingerprint density at radius 1 is 1.17 bits per heavy atom. The van der Waals surface area contributed by atoms with Crippen molar-refractivity contribution in [1.82, 2.24) is 9.62 Å². The molecular weight excluding hydrogens is 440 g/mol. The molecule has 0 unspecified atom stereocenters. The van der Waals surface area contributed by atoms with E-state index >= 15 is 0 Å². The van der Waals surface area contributed by atoms with Crippen molar-refractivity contribution in [3.63, 3.8) is 0 Å². The summed E-state index contributed by atoms with van der Waals surface area (Å²) < 4.78 is 27.4. The second kappa shape index (κ2) is 10.2. The molecular formula is C22H27ClN2O3S2. The van der Waals surface area contributed by atoms with Crippen LogP contribution in [0.3, 0.4) is 0 Å². The van der Waals surface area contributed by atoms with Gasteiger partial charge in [0.1, 0.15) is 0 Å². The zero-order valence-electron chi connectivity index (χ0n) is 17.2. The van der Waals surface area contributed by atoms with Crippen molar-refractivity contribution in [2.75, 3.05) is 25.4 Å². The Morgan fingerprint density at radius 3 is 2.50 bits per heavy atom. The van der Waals surface area contributed by atoms with Gasteiger partial charge in [-0.25, -0.2) is 8.42 Å². The number of amides is 1. The fraction of sp³-hybridized carbons (Fsp3) is 0.409. The van der Waals surface area contributed by atoms with E-state index in [-0.39, 0.29) is 21.4 Å². The molecule has 8 heteroatoms. The Hall–Kier alpha value is -1.54. The van der Waals surface area contributed by atoms with Gasteiger partial charge in [-0.05, 0) is 56.0 Å². The minimum Gasteiger partial charge on any atom is -0.351 e. The van der Waals surface area contributed by atoms with Gasteiger partial charge in [0, 0.05) is 30.3 Å². The van der Waals surface area contributed by atoms with Crippen molar-refractivity contribution in [3.8, 4) is 0 Å². The number of rotatable bonds is 7. The normalized spacial score (nSPS) is 15.8. The number of halogens is 1. The second-order valence-corrected chi connectivity index (χ2v) is 11.2. The molecule has 1 aliphatic heterocycles. The number of thioether (sulfide) groups is 1. The average molecular weight is 467 g/mol. The zero-order valence-corrected chi connectivity index (χ0v) is 19.6. The van der Waals surface area contributed by atoms with Gasteiger partial charge in [-0.2, -0.15) is 4.31 Å². The molecule has 1 aliphatic rings. The summed E-state index contributed by atoms with van der Waals surface area (Å²) >= 11 is 7.84. The molecule has 0 aromatic heterocycles. The van der Waals surface area contributed by atoms with Crippen LogP contribution < -0.4 is 5.32 Å². The van der Waals surface area contributed by atoms with Crippen LogP contribution in [-0.2, 0) is 10.0 Å². The molecule has 1 saturated heterocycles. The molecule has 162 valence electrons. The van der Waals surface area contributed by atoms with Crippen LogP contribution in [0.2, 0.25) is 5.02 Å². The Kier molecular flexibility index (Phi) is 7.85. The number of carbonyl (C=O) groups excluding carboxylic acids is 1. The minimum absolute atomic E-state index is 0.112. The van der Waals surface area contributed by atoms with Crippen LogP contribution in [0.5, 0.6) is 0 Å². The number of piperidine rings is 1. The summed E-state index contributed by atoms with van der Waals surface area (Å²) in [4.78, 5) is 13.9. The SMILES string of the molecule is Cc1ccc(SCCNC(=O)c2cc(S(=O)(=O)N3CCC(C)CC3)ccc2Cl)cc1. The van der Waals surface area contributed by atoms with E-state index < -0.39 is 10.0 Å². The Bertz CT molecular complexity index is 986. The third kappa shape index (κ3) is 5.78. The monoisotopic (exact) mass is 466 g/mol. The van der Waals surface area contributed by atoms with Crippen LogP contribution in [0.15, 0.2) is 52.3 Å². The predicted molar refractivity (Wildman–Crippen MR) is 123 cm³/mol. The lowest BCUT2D eigenvalue weighted by Gasteiger charge is -2.29. The predicted octanol–water partition coefficient (Wildman–Crippen LogP) is 4.59. The molecule has 0 aliphatic carbocycles. The van der Waals surface area contributed by atoms with Crippen molar-refractivity contribution in [3.05, 3.63) is 58.6 Å². The molecule has 2 aromatic carbocycles. The highest BCUT2D eigenvalue weighted by Crippen LogP contribution is 2.26. The third-order valence-electron chi connectivity index (χ3n) is 5.24. The summed E-state index contributed by atoms with van der Waals surface area (Å²) in [5.74, 6) is 0.866. The first-order chi connectivity index (χ1) is 14.3. The molecule has 5 nitrogen and oxygen atoms in total. The molecule has 0 bridgehead atoms. The Labute approximate surface area is 188 Å². The van der Waals surface area contributed by atoms with Gasteiger partial charge in [-0.15, -0.1) is 11.8 Å². The quantitative estimate of drug-likeness (QED) is 0.478. The van der Waals surface area contributed by atoms with Gasteiger partial charge in [0.2, 0.25) is 10.0 Å². The van der Waals surface area contributed by atoms with Gasteiger partial charge in [0.15, 0.2) is 0 Å². The lowest BCUT2D eigenvalue weighted by molar-refractivity contribution is 0.0956. The molecule has 0 spiro atoms. The Morgan fingerprint density at radius 2 is 1.83 bits per heavy atom. The van der Waals surface area contributed by atoms with Gasteiger partial charge < -0.3 is 5.32 Å². The first-order valence-electron chi connectivity index (χ1n) is 10.0. The molecule has 0 atom stereocenters. The summed E-state index contributed by atoms with van der Waals surface area (Å²) in [6, 6.07) is 12.5. The van der Waals surface area contributed by atoms with Gasteiger partial charge in [-0.1, -0.05) is 36.2 Å². The van der Waals surface area contributed by atoms with Gasteiger partial charge in [0.25, 0.3) is 5.91 Å². The van der Waals surface area contributed by atoms with Crippen molar-refractivity contribution >= 4 is 39.3 Å². The lowest BCUT2D eigenvalue weighted by atomic mass is 10.0. The van der Waals surface area contributed by atoms with E-state index in [2.05, 4.69) is 24.4 Å². The van der Waals surface area contributed by atoms with Crippen LogP contribution in [-0.4, -0.2) is 44.0 Å². The zero-order chi connectivity index (χ0) is 21.7. The van der Waals surface area contributed by atoms with E-state index in [0.29, 0.717) is 31.3 Å². The lowest BCUT2D eigenvalue weighted by Crippen LogP contribution is -2.38. The van der Waals surface area contributed by atoms with Gasteiger partial charge >= 0.3 is 0 Å². The van der Waals surface area contributed by atoms with E-state index in [4.69, 9.17) is 11.6 Å². The highest BCUT2D eigenvalue weighted by molar-refractivity contribution is 7.99. The molecule has 1 fully saturated rings. The summed E-state index contributed by atoms with van der Waals surface area (Å²) in [7, 11) is -3.63. The van der Waals surface area contributed by atoms with Crippen LogP contribution in [0.4, 0.5) is 0 Å². The van der Waals surface area contributed by atoms with Gasteiger partial charge in [-0.3, -0.25) is 4.79 Å². The molecule has 30 heavy (non-hydrogen) atoms. The van der Waals surface area contributed by atoms with E-state index in [0.717, 1.165) is 17.7 Å². The van der Waals surface area contributed by atoms with E-state index in [1.807, 2.05) is 19.1 Å². The number of nitrogens with one attached hydrogen (secondary N) is 1. The highest BCUT2D eigenvalue weighted by Gasteiger charge is 2.29. The van der Waals surface area contributed by atoms with E-state index in [1.165, 1.54) is 28.1 Å². The van der Waals surface area contributed by atoms with Crippen molar-refractivity contribution in [2.45, 2.75) is 36.5 Å². The number of sulfonamides is 1. The number of aryl methyl sites for hydroxylation is 1. The van der Waals surface area contributed by atoms with Crippen LogP contribution in [0.25, 0.3) is 0 Å². The van der Waals surface area contributed by atoms with Crippen molar-refractivity contribution in [1.29, 1.82) is 0 Å². The molecule has 3 rings (SSSR count). The first-order valence-corrected chi connectivity index (χ1v) is 12.8. The minimum atomic E-state index is -3.63. The standard InChI is InChI=1S/C22H27ClN2O3S2/c1-16-3-5-18(6-4-16)29-14-11-24-22(26)20-15-19(7-8-21(20)23)30(27,28)25-12-9-17(2)10-13-25/h3-8,15,17H,9-14H2,1-2H3,(H,24,26). The molecule has 0 saturated carbocycles. The maximum absolute atomic E-state index is 13.0. The number of nitrogens with zero attached hydrogens (tertiary/aromatic N) is 1. The third-order valence-corrected chi connectivity index (χ3v) is 8.48. The summed E-state index contributed by atoms with van der Waals surface area (Å²) in [6.07, 6.45) is 1.69. The van der Waals surface area contributed by atoms with E-state index in [1.54, 1.807) is 11.8 Å². The summed E-state index contributed by atoms with van der Waals surface area (Å²) in [6.45, 7) is 5.63. The van der Waals surface area contributed by atoms with Crippen LogP contribution in [0, 0.1) is 12.8 Å². The van der Waals surface area contributed by atoms with E-state index in [9.17, 15) is 13.2 Å². The number of hydrogen-bond donors (Lipinski definition) is 1.